The van der Waals surface area contributed by atoms with Crippen LogP contribution in [-0.4, -0.2) is 58.5 Å². The number of nitrogens with one attached hydrogen (secondary N) is 1. The first-order valence-corrected chi connectivity index (χ1v) is 9.74. The lowest BCUT2D eigenvalue weighted by molar-refractivity contribution is -0.0748. The predicted octanol–water partition coefficient (Wildman–Crippen LogP) is 1.60. The van der Waals surface area contributed by atoms with Gasteiger partial charge in [-0.05, 0) is 50.8 Å². The second kappa shape index (κ2) is 6.72. The number of carbonyl (C=O) groups is 1. The van der Waals surface area contributed by atoms with Crippen molar-refractivity contribution < 1.29 is 9.53 Å². The molecule has 0 spiro atoms. The van der Waals surface area contributed by atoms with E-state index in [1.54, 1.807) is 4.68 Å². The molecule has 6 heteroatoms. The van der Waals surface area contributed by atoms with Crippen molar-refractivity contribution in [2.24, 2.45) is 18.9 Å². The second-order valence-corrected chi connectivity index (χ2v) is 8.26. The molecule has 4 rings (SSSR count). The third-order valence-electron chi connectivity index (χ3n) is 5.99. The fourth-order valence-electron chi connectivity index (χ4n) is 4.83. The minimum Gasteiger partial charge on any atom is -0.376 e. The molecule has 0 radical (unpaired) electrons. The van der Waals surface area contributed by atoms with E-state index in [-0.39, 0.29) is 11.9 Å². The van der Waals surface area contributed by atoms with Gasteiger partial charge in [-0.1, -0.05) is 13.8 Å². The summed E-state index contributed by atoms with van der Waals surface area (Å²) >= 11 is 0. The van der Waals surface area contributed by atoms with Gasteiger partial charge in [0.25, 0.3) is 5.91 Å². The van der Waals surface area contributed by atoms with Gasteiger partial charge >= 0.3 is 0 Å². The van der Waals surface area contributed by atoms with Crippen molar-refractivity contribution in [2.45, 2.75) is 57.7 Å². The molecule has 1 N–H and O–H groups in total. The molecule has 2 aliphatic heterocycles. The van der Waals surface area contributed by atoms with Crippen molar-refractivity contribution in [3.05, 3.63) is 17.5 Å². The molecule has 1 aromatic rings. The van der Waals surface area contributed by atoms with Gasteiger partial charge < -0.3 is 10.1 Å². The zero-order chi connectivity index (χ0) is 17.6. The van der Waals surface area contributed by atoms with Gasteiger partial charge in [0.2, 0.25) is 0 Å². The highest BCUT2D eigenvalue weighted by atomic mass is 16.5. The largest absolute Gasteiger partial charge is 0.376 e. The van der Waals surface area contributed by atoms with Crippen LogP contribution >= 0.6 is 0 Å². The lowest BCUT2D eigenvalue weighted by Crippen LogP contribution is -2.70. The van der Waals surface area contributed by atoms with E-state index in [1.165, 1.54) is 12.8 Å². The highest BCUT2D eigenvalue weighted by Gasteiger charge is 2.56. The van der Waals surface area contributed by atoms with Crippen LogP contribution in [0.1, 0.15) is 49.3 Å². The molecule has 3 heterocycles. The number of likely N-dealkylation sites (tertiary alicyclic amines) is 1. The van der Waals surface area contributed by atoms with Crippen molar-refractivity contribution in [3.8, 4) is 0 Å². The molecular weight excluding hydrogens is 316 g/mol. The van der Waals surface area contributed by atoms with Crippen molar-refractivity contribution in [3.63, 3.8) is 0 Å². The second-order valence-electron chi connectivity index (χ2n) is 8.26. The molecular formula is C19H30N4O2. The maximum atomic E-state index is 12.9. The molecule has 1 amide bonds. The van der Waals surface area contributed by atoms with Gasteiger partial charge in [0.15, 0.2) is 0 Å². The molecule has 1 saturated carbocycles. The number of aryl methyl sites for hydroxylation is 1. The van der Waals surface area contributed by atoms with Crippen LogP contribution in [0.4, 0.5) is 0 Å². The van der Waals surface area contributed by atoms with Crippen molar-refractivity contribution in [1.29, 1.82) is 0 Å². The summed E-state index contributed by atoms with van der Waals surface area (Å²) in [5.41, 5.74) is 1.66. The number of hydrogen-bond donors (Lipinski definition) is 1. The maximum Gasteiger partial charge on any atom is 0.269 e. The van der Waals surface area contributed by atoms with Crippen LogP contribution in [-0.2, 0) is 18.2 Å². The van der Waals surface area contributed by atoms with Crippen LogP contribution in [0.15, 0.2) is 6.07 Å². The molecule has 3 fully saturated rings. The van der Waals surface area contributed by atoms with E-state index in [9.17, 15) is 4.79 Å². The Hall–Kier alpha value is -1.40. The number of rotatable bonds is 5. The Balaban J connectivity index is 1.47. The highest BCUT2D eigenvalue weighted by molar-refractivity contribution is 5.93. The van der Waals surface area contributed by atoms with Crippen molar-refractivity contribution in [2.75, 3.05) is 19.7 Å². The van der Waals surface area contributed by atoms with Gasteiger partial charge in [-0.15, -0.1) is 0 Å². The topological polar surface area (TPSA) is 59.4 Å². The zero-order valence-electron chi connectivity index (χ0n) is 15.6. The fraction of sp³-hybridized carbons (Fsp3) is 0.789. The number of amides is 1. The first kappa shape index (κ1) is 17.0. The van der Waals surface area contributed by atoms with Gasteiger partial charge in [0.05, 0.1) is 23.9 Å². The molecule has 0 bridgehead atoms. The summed E-state index contributed by atoms with van der Waals surface area (Å²) in [6.07, 6.45) is 4.79. The normalized spacial score (nSPS) is 32.0. The number of ether oxygens (including phenoxy) is 1. The third kappa shape index (κ3) is 3.10. The zero-order valence-corrected chi connectivity index (χ0v) is 15.6. The highest BCUT2D eigenvalue weighted by Crippen LogP contribution is 2.42. The first-order chi connectivity index (χ1) is 12.0. The predicted molar refractivity (Wildman–Crippen MR) is 95.4 cm³/mol. The molecule has 25 heavy (non-hydrogen) atoms. The summed E-state index contributed by atoms with van der Waals surface area (Å²) in [5, 5.41) is 7.82. The number of carbonyl (C=O) groups excluding carboxylic acids is 1. The number of nitrogens with zero attached hydrogens (tertiary/aromatic N) is 3. The summed E-state index contributed by atoms with van der Waals surface area (Å²) in [4.78, 5) is 15.4. The van der Waals surface area contributed by atoms with Crippen LogP contribution < -0.4 is 5.32 Å². The lowest BCUT2D eigenvalue weighted by Gasteiger charge is -2.51. The standard InChI is InChI=1S/C19H30N4O2/c1-12(2)10-13-11-15(22(3)21-13)19(24)20-16-14-6-9-25-18(14)17(16)23-7-4-5-8-23/h11-12,14,16-18H,4-10H2,1-3H3,(H,20,24)/t14-,16+,17-,18-/m1/s1. The first-order valence-electron chi connectivity index (χ1n) is 9.74. The fourth-order valence-corrected chi connectivity index (χ4v) is 4.83. The van der Waals surface area contributed by atoms with E-state index in [0.29, 0.717) is 29.7 Å². The van der Waals surface area contributed by atoms with Crippen LogP contribution in [0.2, 0.25) is 0 Å². The Kier molecular flexibility index (Phi) is 4.58. The Bertz CT molecular complexity index is 631. The molecule has 0 aromatic carbocycles. The average molecular weight is 346 g/mol. The van der Waals surface area contributed by atoms with Crippen LogP contribution in [0, 0.1) is 11.8 Å². The van der Waals surface area contributed by atoms with Gasteiger partial charge in [0.1, 0.15) is 5.69 Å². The van der Waals surface area contributed by atoms with Gasteiger partial charge in [0, 0.05) is 19.6 Å². The molecule has 6 nitrogen and oxygen atoms in total. The van der Waals surface area contributed by atoms with Crippen molar-refractivity contribution >= 4 is 5.91 Å². The monoisotopic (exact) mass is 346 g/mol. The van der Waals surface area contributed by atoms with Crippen LogP contribution in [0.25, 0.3) is 0 Å². The van der Waals surface area contributed by atoms with Crippen molar-refractivity contribution in [1.82, 2.24) is 20.0 Å². The summed E-state index contributed by atoms with van der Waals surface area (Å²) in [7, 11) is 1.86. The minimum atomic E-state index is 0.00422. The number of aromatic nitrogens is 2. The van der Waals surface area contributed by atoms with Gasteiger partial charge in [-0.3, -0.25) is 14.4 Å². The molecule has 138 valence electrons. The minimum absolute atomic E-state index is 0.00422. The van der Waals surface area contributed by atoms with E-state index in [4.69, 9.17) is 4.74 Å². The van der Waals surface area contributed by atoms with E-state index in [1.807, 2.05) is 13.1 Å². The number of fused-ring (bicyclic) bond motifs is 1. The molecule has 0 unspecified atom stereocenters. The van der Waals surface area contributed by atoms with E-state index < -0.39 is 0 Å². The smallest absolute Gasteiger partial charge is 0.269 e. The molecule has 2 saturated heterocycles. The Morgan fingerprint density at radius 3 is 2.88 bits per heavy atom. The summed E-state index contributed by atoms with van der Waals surface area (Å²) in [6, 6.07) is 2.51. The molecule has 1 aromatic heterocycles. The van der Waals surface area contributed by atoms with E-state index >= 15 is 0 Å². The van der Waals surface area contributed by atoms with Crippen LogP contribution in [0.5, 0.6) is 0 Å². The van der Waals surface area contributed by atoms with Gasteiger partial charge in [-0.25, -0.2) is 0 Å². The average Bonchev–Trinajstić information content (AvgIpc) is 3.26. The lowest BCUT2D eigenvalue weighted by atomic mass is 9.70. The summed E-state index contributed by atoms with van der Waals surface area (Å²) < 4.78 is 7.68. The molecule has 4 atom stereocenters. The van der Waals surface area contributed by atoms with E-state index in [0.717, 1.165) is 38.2 Å². The quantitative estimate of drug-likeness (QED) is 0.880. The van der Waals surface area contributed by atoms with Crippen LogP contribution in [0.3, 0.4) is 0 Å². The molecule has 3 aliphatic rings. The maximum absolute atomic E-state index is 12.9. The van der Waals surface area contributed by atoms with E-state index in [2.05, 4.69) is 29.2 Å². The molecule has 1 aliphatic carbocycles. The summed E-state index contributed by atoms with van der Waals surface area (Å²) in [5.74, 6) is 1.01. The summed E-state index contributed by atoms with van der Waals surface area (Å²) in [6.45, 7) is 7.44. The SMILES string of the molecule is CC(C)Cc1cc(C(=O)N[C@H]2[C@H]3CCO[C@H]3[C@@H]2N2CCCC2)n(C)n1. The Morgan fingerprint density at radius 1 is 1.40 bits per heavy atom. The number of hydrogen-bond acceptors (Lipinski definition) is 4. The third-order valence-corrected chi connectivity index (χ3v) is 5.99. The Morgan fingerprint density at radius 2 is 2.16 bits per heavy atom. The Labute approximate surface area is 149 Å². The van der Waals surface area contributed by atoms with Gasteiger partial charge in [-0.2, -0.15) is 5.10 Å².